The fourth-order valence-corrected chi connectivity index (χ4v) is 4.32. The van der Waals surface area contributed by atoms with Crippen LogP contribution in [0.2, 0.25) is 5.02 Å². The van der Waals surface area contributed by atoms with E-state index in [1.807, 2.05) is 19.1 Å². The molecule has 4 rings (SSSR count). The number of carbonyl (C=O) groups excluding carboxylic acids is 1. The molecule has 1 aliphatic heterocycles. The number of fused-ring (bicyclic) bond motifs is 1. The van der Waals surface area contributed by atoms with E-state index in [1.165, 1.54) is 16.8 Å². The molecule has 1 fully saturated rings. The number of ketones is 1. The third-order valence-electron chi connectivity index (χ3n) is 5.67. The Balaban J connectivity index is 1.45. The van der Waals surface area contributed by atoms with Gasteiger partial charge in [0.15, 0.2) is 5.78 Å². The Hall–Kier alpha value is -2.30. The minimum Gasteiger partial charge on any atom is -0.369 e. The Labute approximate surface area is 171 Å². The Morgan fingerprint density at radius 1 is 1.04 bits per heavy atom. The lowest BCUT2D eigenvalue weighted by atomic mass is 10.0. The highest BCUT2D eigenvalue weighted by Gasteiger charge is 2.23. The summed E-state index contributed by atoms with van der Waals surface area (Å²) < 4.78 is 0. The van der Waals surface area contributed by atoms with Crippen LogP contribution >= 0.6 is 11.6 Å². The van der Waals surface area contributed by atoms with Crippen molar-refractivity contribution in [1.29, 1.82) is 0 Å². The predicted octanol–water partition coefficient (Wildman–Crippen LogP) is 4.75. The zero-order chi connectivity index (χ0) is 19.8. The number of rotatable bonds is 4. The standard InChI is InChI=1S/C23H26ClN3O/c1-15-4-7-19-20(12-15)25-17(3)23(19)22(28)14-26-8-10-27(11-9-26)21-13-18(24)6-5-16(21)2/h4-7,12-13,25H,8-11,14H2,1-3H3. The summed E-state index contributed by atoms with van der Waals surface area (Å²) in [4.78, 5) is 21.0. The summed E-state index contributed by atoms with van der Waals surface area (Å²) in [5.74, 6) is 0.194. The lowest BCUT2D eigenvalue weighted by Crippen LogP contribution is -2.48. The molecule has 0 atom stereocenters. The fraction of sp³-hybridized carbons (Fsp3) is 0.348. The molecule has 0 saturated carbocycles. The van der Waals surface area contributed by atoms with Gasteiger partial charge in [0.2, 0.25) is 0 Å². The van der Waals surface area contributed by atoms with Crippen LogP contribution in [0.4, 0.5) is 5.69 Å². The van der Waals surface area contributed by atoms with Crippen LogP contribution in [0.15, 0.2) is 36.4 Å². The number of aromatic amines is 1. The van der Waals surface area contributed by atoms with Crippen molar-refractivity contribution in [1.82, 2.24) is 9.88 Å². The van der Waals surface area contributed by atoms with E-state index in [1.54, 1.807) is 0 Å². The fourth-order valence-electron chi connectivity index (χ4n) is 4.16. The number of aromatic nitrogens is 1. The molecule has 2 aromatic carbocycles. The van der Waals surface area contributed by atoms with Gasteiger partial charge >= 0.3 is 0 Å². The molecule has 3 aromatic rings. The van der Waals surface area contributed by atoms with Crippen molar-refractivity contribution in [3.8, 4) is 0 Å². The second-order valence-corrected chi connectivity index (χ2v) is 8.23. The first kappa shape index (κ1) is 19.0. The van der Waals surface area contributed by atoms with Crippen LogP contribution in [0.3, 0.4) is 0 Å². The molecule has 0 unspecified atom stereocenters. The monoisotopic (exact) mass is 395 g/mol. The number of Topliss-reactive ketones (excluding diaryl/α,β-unsaturated/α-hetero) is 1. The highest BCUT2D eigenvalue weighted by atomic mass is 35.5. The average Bonchev–Trinajstić information content (AvgIpc) is 2.99. The molecule has 28 heavy (non-hydrogen) atoms. The Bertz CT molecular complexity index is 1030. The minimum atomic E-state index is 0.194. The van der Waals surface area contributed by atoms with Gasteiger partial charge in [0.25, 0.3) is 0 Å². The molecular weight excluding hydrogens is 370 g/mol. The summed E-state index contributed by atoms with van der Waals surface area (Å²) in [6, 6.07) is 12.3. The van der Waals surface area contributed by atoms with Gasteiger partial charge in [0, 0.05) is 59.0 Å². The zero-order valence-electron chi connectivity index (χ0n) is 16.7. The number of piperazine rings is 1. The largest absolute Gasteiger partial charge is 0.369 e. The predicted molar refractivity (Wildman–Crippen MR) is 117 cm³/mol. The van der Waals surface area contributed by atoms with E-state index in [0.29, 0.717) is 6.54 Å². The van der Waals surface area contributed by atoms with E-state index >= 15 is 0 Å². The van der Waals surface area contributed by atoms with E-state index < -0.39 is 0 Å². The number of carbonyl (C=O) groups is 1. The van der Waals surface area contributed by atoms with Gasteiger partial charge in [-0.3, -0.25) is 9.69 Å². The molecule has 0 amide bonds. The number of anilines is 1. The highest BCUT2D eigenvalue weighted by Crippen LogP contribution is 2.26. The van der Waals surface area contributed by atoms with Crippen LogP contribution in [0, 0.1) is 20.8 Å². The molecule has 4 nitrogen and oxygen atoms in total. The summed E-state index contributed by atoms with van der Waals surface area (Å²) in [5.41, 5.74) is 6.46. The van der Waals surface area contributed by atoms with Gasteiger partial charge < -0.3 is 9.88 Å². The van der Waals surface area contributed by atoms with Crippen molar-refractivity contribution >= 4 is 34.0 Å². The van der Waals surface area contributed by atoms with Crippen molar-refractivity contribution in [3.63, 3.8) is 0 Å². The topological polar surface area (TPSA) is 39.3 Å². The number of nitrogens with zero attached hydrogens (tertiary/aromatic N) is 2. The summed E-state index contributed by atoms with van der Waals surface area (Å²) in [7, 11) is 0. The second-order valence-electron chi connectivity index (χ2n) is 7.79. The lowest BCUT2D eigenvalue weighted by Gasteiger charge is -2.36. The van der Waals surface area contributed by atoms with E-state index in [9.17, 15) is 4.79 Å². The Morgan fingerprint density at radius 3 is 2.54 bits per heavy atom. The van der Waals surface area contributed by atoms with Crippen LogP contribution in [0.5, 0.6) is 0 Å². The second kappa shape index (κ2) is 7.61. The molecule has 2 heterocycles. The molecule has 0 radical (unpaired) electrons. The van der Waals surface area contributed by atoms with Gasteiger partial charge in [-0.2, -0.15) is 0 Å². The summed E-state index contributed by atoms with van der Waals surface area (Å²) in [6.45, 7) is 10.2. The van der Waals surface area contributed by atoms with Gasteiger partial charge in [-0.25, -0.2) is 0 Å². The molecule has 5 heteroatoms. The molecular formula is C23H26ClN3O. The van der Waals surface area contributed by atoms with Crippen LogP contribution in [-0.4, -0.2) is 48.4 Å². The molecule has 0 spiro atoms. The van der Waals surface area contributed by atoms with Crippen molar-refractivity contribution in [3.05, 3.63) is 63.8 Å². The maximum absolute atomic E-state index is 13.1. The normalized spacial score (nSPS) is 15.4. The number of H-pyrrole nitrogens is 1. The first-order valence-corrected chi connectivity index (χ1v) is 10.2. The molecule has 1 aliphatic rings. The van der Waals surface area contributed by atoms with E-state index in [4.69, 9.17) is 11.6 Å². The van der Waals surface area contributed by atoms with Gasteiger partial charge in [-0.1, -0.05) is 29.8 Å². The number of halogens is 1. The van der Waals surface area contributed by atoms with E-state index in [2.05, 4.69) is 52.9 Å². The molecule has 0 aliphatic carbocycles. The van der Waals surface area contributed by atoms with Gasteiger partial charge in [-0.05, 0) is 50.1 Å². The number of benzene rings is 2. The van der Waals surface area contributed by atoms with Gasteiger partial charge in [0.1, 0.15) is 0 Å². The number of nitrogens with one attached hydrogen (secondary N) is 1. The number of hydrogen-bond acceptors (Lipinski definition) is 3. The Kier molecular flexibility index (Phi) is 5.17. The molecule has 146 valence electrons. The summed E-state index contributed by atoms with van der Waals surface area (Å²) in [5, 5.41) is 1.80. The van der Waals surface area contributed by atoms with Crippen molar-refractivity contribution in [2.75, 3.05) is 37.6 Å². The van der Waals surface area contributed by atoms with Gasteiger partial charge in [-0.15, -0.1) is 0 Å². The van der Waals surface area contributed by atoms with E-state index in [-0.39, 0.29) is 5.78 Å². The van der Waals surface area contributed by atoms with Crippen molar-refractivity contribution in [2.24, 2.45) is 0 Å². The zero-order valence-corrected chi connectivity index (χ0v) is 17.4. The van der Waals surface area contributed by atoms with Crippen molar-refractivity contribution < 1.29 is 4.79 Å². The minimum absolute atomic E-state index is 0.194. The van der Waals surface area contributed by atoms with Crippen molar-refractivity contribution in [2.45, 2.75) is 20.8 Å². The van der Waals surface area contributed by atoms with Gasteiger partial charge in [0.05, 0.1) is 6.54 Å². The van der Waals surface area contributed by atoms with Crippen LogP contribution in [-0.2, 0) is 0 Å². The first-order chi connectivity index (χ1) is 13.4. The lowest BCUT2D eigenvalue weighted by molar-refractivity contribution is 0.0927. The third-order valence-corrected chi connectivity index (χ3v) is 5.91. The Morgan fingerprint density at radius 2 is 1.79 bits per heavy atom. The number of hydrogen-bond donors (Lipinski definition) is 1. The highest BCUT2D eigenvalue weighted by molar-refractivity contribution is 6.30. The van der Waals surface area contributed by atoms with E-state index in [0.717, 1.165) is 53.4 Å². The smallest absolute Gasteiger partial charge is 0.179 e. The third kappa shape index (κ3) is 3.67. The maximum atomic E-state index is 13.1. The quantitative estimate of drug-likeness (QED) is 0.648. The molecule has 0 bridgehead atoms. The summed E-state index contributed by atoms with van der Waals surface area (Å²) >= 11 is 6.18. The molecule has 1 aromatic heterocycles. The summed E-state index contributed by atoms with van der Waals surface area (Å²) in [6.07, 6.45) is 0. The van der Waals surface area contributed by atoms with Crippen LogP contribution in [0.25, 0.3) is 10.9 Å². The molecule has 1 saturated heterocycles. The number of aryl methyl sites for hydroxylation is 3. The van der Waals surface area contributed by atoms with Crippen LogP contribution < -0.4 is 4.90 Å². The first-order valence-electron chi connectivity index (χ1n) is 9.78. The van der Waals surface area contributed by atoms with Crippen LogP contribution in [0.1, 0.15) is 27.2 Å². The average molecular weight is 396 g/mol. The SMILES string of the molecule is Cc1ccc2c(C(=O)CN3CCN(c4cc(Cl)ccc4C)CC3)c(C)[nH]c2c1. The maximum Gasteiger partial charge on any atom is 0.179 e. The molecule has 1 N–H and O–H groups in total.